The molecule has 1 unspecified atom stereocenters. The SMILES string of the molecule is COC(=O)CCC(NC(=O)c1cn[nH]c1)C(=O)OC. The molecule has 2 N–H and O–H groups in total. The van der Waals surface area contributed by atoms with E-state index >= 15 is 0 Å². The molecule has 1 atom stereocenters. The van der Waals surface area contributed by atoms with Crippen molar-refractivity contribution in [3.05, 3.63) is 18.0 Å². The lowest BCUT2D eigenvalue weighted by molar-refractivity contribution is -0.144. The van der Waals surface area contributed by atoms with Crippen molar-refractivity contribution in [3.63, 3.8) is 0 Å². The Morgan fingerprint density at radius 1 is 1.37 bits per heavy atom. The lowest BCUT2D eigenvalue weighted by Crippen LogP contribution is -2.41. The van der Waals surface area contributed by atoms with Crippen LogP contribution < -0.4 is 5.32 Å². The van der Waals surface area contributed by atoms with Gasteiger partial charge in [0.1, 0.15) is 6.04 Å². The maximum atomic E-state index is 11.8. The molecule has 8 nitrogen and oxygen atoms in total. The number of aromatic amines is 1. The summed E-state index contributed by atoms with van der Waals surface area (Å²) in [6.45, 7) is 0. The van der Waals surface area contributed by atoms with Gasteiger partial charge in [-0.3, -0.25) is 14.7 Å². The van der Waals surface area contributed by atoms with Gasteiger partial charge in [-0.1, -0.05) is 0 Å². The molecule has 19 heavy (non-hydrogen) atoms. The number of nitrogens with zero attached hydrogens (tertiary/aromatic N) is 1. The predicted octanol–water partition coefficient (Wildman–Crippen LogP) is -0.366. The van der Waals surface area contributed by atoms with Crippen LogP contribution in [0.25, 0.3) is 0 Å². The maximum absolute atomic E-state index is 11.8. The fourth-order valence-electron chi connectivity index (χ4n) is 1.37. The summed E-state index contributed by atoms with van der Waals surface area (Å²) in [6.07, 6.45) is 2.82. The Bertz CT molecular complexity index is 443. The van der Waals surface area contributed by atoms with E-state index in [1.165, 1.54) is 26.6 Å². The molecule has 0 saturated heterocycles. The Morgan fingerprint density at radius 3 is 2.63 bits per heavy atom. The zero-order valence-electron chi connectivity index (χ0n) is 10.6. The molecule has 0 aliphatic heterocycles. The Labute approximate surface area is 109 Å². The highest BCUT2D eigenvalue weighted by atomic mass is 16.5. The third kappa shape index (κ3) is 4.41. The predicted molar refractivity (Wildman–Crippen MR) is 63.1 cm³/mol. The van der Waals surface area contributed by atoms with Gasteiger partial charge in [0.25, 0.3) is 5.91 Å². The number of carbonyl (C=O) groups is 3. The summed E-state index contributed by atoms with van der Waals surface area (Å²) < 4.78 is 9.04. The van der Waals surface area contributed by atoms with Crippen LogP contribution in [0.3, 0.4) is 0 Å². The van der Waals surface area contributed by atoms with Crippen LogP contribution in [0, 0.1) is 0 Å². The molecule has 8 heteroatoms. The molecule has 0 aliphatic carbocycles. The standard InChI is InChI=1S/C11H15N3O5/c1-18-9(15)4-3-8(11(17)19-2)14-10(16)7-5-12-13-6-7/h5-6,8H,3-4H2,1-2H3,(H,12,13)(H,14,16). The Hall–Kier alpha value is -2.38. The first kappa shape index (κ1) is 14.7. The van der Waals surface area contributed by atoms with E-state index in [0.717, 1.165) is 0 Å². The minimum absolute atomic E-state index is 0.00192. The topological polar surface area (TPSA) is 110 Å². The fourth-order valence-corrected chi connectivity index (χ4v) is 1.37. The molecular formula is C11H15N3O5. The van der Waals surface area contributed by atoms with Crippen molar-refractivity contribution in [1.29, 1.82) is 0 Å². The highest BCUT2D eigenvalue weighted by Gasteiger charge is 2.23. The fraction of sp³-hybridized carbons (Fsp3) is 0.455. The summed E-state index contributed by atoms with van der Waals surface area (Å²) in [7, 11) is 2.46. The van der Waals surface area contributed by atoms with Crippen molar-refractivity contribution >= 4 is 17.8 Å². The number of H-pyrrole nitrogens is 1. The molecule has 0 radical (unpaired) electrons. The van der Waals surface area contributed by atoms with E-state index < -0.39 is 23.9 Å². The summed E-state index contributed by atoms with van der Waals surface area (Å²) in [6, 6.07) is -0.911. The van der Waals surface area contributed by atoms with E-state index in [9.17, 15) is 14.4 Å². The summed E-state index contributed by atoms with van der Waals surface area (Å²) in [5, 5.41) is 8.58. The van der Waals surface area contributed by atoms with E-state index in [1.807, 2.05) is 0 Å². The van der Waals surface area contributed by atoms with Crippen molar-refractivity contribution in [2.45, 2.75) is 18.9 Å². The summed E-state index contributed by atoms with van der Waals surface area (Å²) in [5.41, 5.74) is 0.284. The van der Waals surface area contributed by atoms with Gasteiger partial charge in [0, 0.05) is 12.6 Å². The van der Waals surface area contributed by atoms with Gasteiger partial charge in [-0.25, -0.2) is 4.79 Å². The molecule has 0 saturated carbocycles. The second-order valence-corrected chi connectivity index (χ2v) is 3.65. The highest BCUT2D eigenvalue weighted by molar-refractivity contribution is 5.96. The first-order valence-electron chi connectivity index (χ1n) is 5.52. The lowest BCUT2D eigenvalue weighted by atomic mass is 10.1. The minimum Gasteiger partial charge on any atom is -0.469 e. The number of hydrogen-bond acceptors (Lipinski definition) is 6. The number of esters is 2. The van der Waals surface area contributed by atoms with Crippen LogP contribution in [0.15, 0.2) is 12.4 Å². The van der Waals surface area contributed by atoms with Gasteiger partial charge in [0.05, 0.1) is 26.0 Å². The number of amides is 1. The zero-order valence-corrected chi connectivity index (χ0v) is 10.6. The van der Waals surface area contributed by atoms with E-state index in [0.29, 0.717) is 0 Å². The second-order valence-electron chi connectivity index (χ2n) is 3.65. The minimum atomic E-state index is -0.911. The quantitative estimate of drug-likeness (QED) is 0.682. The first-order chi connectivity index (χ1) is 9.08. The van der Waals surface area contributed by atoms with Crippen molar-refractivity contribution in [3.8, 4) is 0 Å². The Kier molecular flexibility index (Phi) is 5.52. The van der Waals surface area contributed by atoms with E-state index in [2.05, 4.69) is 25.0 Å². The zero-order chi connectivity index (χ0) is 14.3. The number of ether oxygens (including phenoxy) is 2. The van der Waals surface area contributed by atoms with Crippen LogP contribution in [-0.2, 0) is 19.1 Å². The lowest BCUT2D eigenvalue weighted by Gasteiger charge is -2.15. The van der Waals surface area contributed by atoms with E-state index in [-0.39, 0.29) is 18.4 Å². The molecule has 1 amide bonds. The molecule has 0 spiro atoms. The number of aromatic nitrogens is 2. The van der Waals surface area contributed by atoms with Gasteiger partial charge in [-0.2, -0.15) is 5.10 Å². The number of carbonyl (C=O) groups excluding carboxylic acids is 3. The van der Waals surface area contributed by atoms with Gasteiger partial charge >= 0.3 is 11.9 Å². The van der Waals surface area contributed by atoms with Gasteiger partial charge in [-0.15, -0.1) is 0 Å². The highest BCUT2D eigenvalue weighted by Crippen LogP contribution is 2.03. The molecule has 1 aromatic heterocycles. The molecule has 0 bridgehead atoms. The largest absolute Gasteiger partial charge is 0.469 e. The first-order valence-corrected chi connectivity index (χ1v) is 5.52. The molecule has 0 fully saturated rings. The van der Waals surface area contributed by atoms with Gasteiger partial charge in [-0.05, 0) is 6.42 Å². The van der Waals surface area contributed by atoms with Crippen LogP contribution >= 0.6 is 0 Å². The van der Waals surface area contributed by atoms with E-state index in [4.69, 9.17) is 0 Å². The van der Waals surface area contributed by atoms with Crippen LogP contribution in [0.1, 0.15) is 23.2 Å². The number of rotatable bonds is 6. The average Bonchev–Trinajstić information content (AvgIpc) is 2.95. The Morgan fingerprint density at radius 2 is 2.11 bits per heavy atom. The smallest absolute Gasteiger partial charge is 0.328 e. The van der Waals surface area contributed by atoms with Crippen molar-refractivity contribution < 1.29 is 23.9 Å². The normalized spacial score (nSPS) is 11.5. The van der Waals surface area contributed by atoms with Crippen molar-refractivity contribution in [1.82, 2.24) is 15.5 Å². The molecule has 1 rings (SSSR count). The van der Waals surface area contributed by atoms with Gasteiger partial charge in [0.2, 0.25) is 0 Å². The summed E-state index contributed by atoms with van der Waals surface area (Å²) in [4.78, 5) is 34.3. The molecule has 104 valence electrons. The molecular weight excluding hydrogens is 254 g/mol. The van der Waals surface area contributed by atoms with Crippen LogP contribution in [0.4, 0.5) is 0 Å². The maximum Gasteiger partial charge on any atom is 0.328 e. The van der Waals surface area contributed by atoms with Crippen LogP contribution in [0.2, 0.25) is 0 Å². The summed E-state index contributed by atoms with van der Waals surface area (Å²) in [5.74, 6) is -1.57. The van der Waals surface area contributed by atoms with Gasteiger partial charge in [0.15, 0.2) is 0 Å². The van der Waals surface area contributed by atoms with Crippen molar-refractivity contribution in [2.24, 2.45) is 0 Å². The monoisotopic (exact) mass is 269 g/mol. The molecule has 0 aliphatic rings. The third-order valence-corrected chi connectivity index (χ3v) is 2.42. The third-order valence-electron chi connectivity index (χ3n) is 2.42. The second kappa shape index (κ2) is 7.14. The number of hydrogen-bond donors (Lipinski definition) is 2. The number of methoxy groups -OCH3 is 2. The average molecular weight is 269 g/mol. The number of nitrogens with one attached hydrogen (secondary N) is 2. The summed E-state index contributed by atoms with van der Waals surface area (Å²) >= 11 is 0. The van der Waals surface area contributed by atoms with Gasteiger partial charge < -0.3 is 14.8 Å². The molecule has 1 aromatic rings. The van der Waals surface area contributed by atoms with Crippen LogP contribution in [-0.4, -0.2) is 48.3 Å². The molecule has 1 heterocycles. The molecule has 0 aromatic carbocycles. The van der Waals surface area contributed by atoms with Crippen molar-refractivity contribution in [2.75, 3.05) is 14.2 Å². The van der Waals surface area contributed by atoms with Crippen LogP contribution in [0.5, 0.6) is 0 Å². The van der Waals surface area contributed by atoms with E-state index in [1.54, 1.807) is 0 Å². The Balaban J connectivity index is 2.61.